The van der Waals surface area contributed by atoms with Gasteiger partial charge in [0.25, 0.3) is 0 Å². The van der Waals surface area contributed by atoms with Crippen LogP contribution in [0.5, 0.6) is 0 Å². The maximum Gasteiger partial charge on any atom is 0.307 e. The van der Waals surface area contributed by atoms with Gasteiger partial charge in [-0.1, -0.05) is 19.9 Å². The van der Waals surface area contributed by atoms with Crippen molar-refractivity contribution in [3.05, 3.63) is 23.8 Å². The lowest BCUT2D eigenvalue weighted by atomic mass is 9.44. The molecule has 0 saturated heterocycles. The molecular weight excluding hydrogens is 487 g/mol. The number of fused-ring (bicyclic) bond motifs is 5. The van der Waals surface area contributed by atoms with Gasteiger partial charge in [-0.2, -0.15) is 0 Å². The molecule has 3 fully saturated rings. The number of esters is 2. The first kappa shape index (κ1) is 27.6. The van der Waals surface area contributed by atoms with Crippen molar-refractivity contribution in [2.75, 3.05) is 13.7 Å². The van der Waals surface area contributed by atoms with E-state index in [9.17, 15) is 34.5 Å². The highest BCUT2D eigenvalue weighted by Gasteiger charge is 2.77. The molecule has 0 spiro atoms. The first-order chi connectivity index (χ1) is 17.2. The lowest BCUT2D eigenvalue weighted by molar-refractivity contribution is -0.233. The SMILES string of the molecule is COC(=O)CCC(=O)O[C@]1(C(=O)CO)C(C)C[C@H]2[C@@H]3CC(O)C4=CC(=O)C=C[C@]4(C)[C@@]3(F)C(O)C[C@@]21C. The molecule has 4 rings (SSSR count). The van der Waals surface area contributed by atoms with E-state index in [2.05, 4.69) is 4.74 Å². The Kier molecular flexibility index (Phi) is 6.79. The minimum atomic E-state index is -2.27. The van der Waals surface area contributed by atoms with Crippen molar-refractivity contribution in [2.45, 2.75) is 76.4 Å². The molecule has 0 bridgehead atoms. The zero-order valence-corrected chi connectivity index (χ0v) is 21.5. The summed E-state index contributed by atoms with van der Waals surface area (Å²) in [7, 11) is 1.18. The Hall–Kier alpha value is -2.43. The van der Waals surface area contributed by atoms with Crippen LogP contribution >= 0.6 is 0 Å². The first-order valence-corrected chi connectivity index (χ1v) is 12.7. The largest absolute Gasteiger partial charge is 0.469 e. The van der Waals surface area contributed by atoms with Gasteiger partial charge in [0.05, 0.1) is 32.2 Å². The van der Waals surface area contributed by atoms with E-state index in [0.717, 1.165) is 0 Å². The summed E-state index contributed by atoms with van der Waals surface area (Å²) in [5.41, 5.74) is -6.68. The number of rotatable bonds is 6. The van der Waals surface area contributed by atoms with Gasteiger partial charge in [0.15, 0.2) is 17.1 Å². The lowest BCUT2D eigenvalue weighted by Crippen LogP contribution is -2.71. The number of hydrogen-bond acceptors (Lipinski definition) is 9. The third kappa shape index (κ3) is 3.59. The highest BCUT2D eigenvalue weighted by molar-refractivity contribution is 6.01. The van der Waals surface area contributed by atoms with E-state index >= 15 is 4.39 Å². The Morgan fingerprint density at radius 2 is 1.76 bits per heavy atom. The second kappa shape index (κ2) is 9.10. The quantitative estimate of drug-likeness (QED) is 0.440. The Morgan fingerprint density at radius 1 is 1.11 bits per heavy atom. The van der Waals surface area contributed by atoms with Gasteiger partial charge in [0.2, 0.25) is 5.78 Å². The fraction of sp³-hybridized carbons (Fsp3) is 0.704. The van der Waals surface area contributed by atoms with E-state index in [0.29, 0.717) is 0 Å². The minimum Gasteiger partial charge on any atom is -0.469 e. The molecule has 3 N–H and O–H groups in total. The monoisotopic (exact) mass is 522 g/mol. The molecule has 9 nitrogen and oxygen atoms in total. The number of Topliss-reactive ketones (excluding diaryl/α,β-unsaturated/α-hetero) is 1. The molecule has 0 amide bonds. The number of ether oxygens (including phenoxy) is 2. The average molecular weight is 523 g/mol. The molecule has 0 aromatic rings. The van der Waals surface area contributed by atoms with Crippen LogP contribution in [0, 0.1) is 28.6 Å². The summed E-state index contributed by atoms with van der Waals surface area (Å²) in [6.45, 7) is 3.96. The van der Waals surface area contributed by atoms with Gasteiger partial charge < -0.3 is 24.8 Å². The zero-order chi connectivity index (χ0) is 27.6. The van der Waals surface area contributed by atoms with Crippen molar-refractivity contribution in [2.24, 2.45) is 28.6 Å². The normalized spacial score (nSPS) is 44.3. The first-order valence-electron chi connectivity index (χ1n) is 12.7. The third-order valence-corrected chi connectivity index (χ3v) is 9.80. The van der Waals surface area contributed by atoms with E-state index < -0.39 is 76.4 Å². The van der Waals surface area contributed by atoms with Gasteiger partial charge in [0, 0.05) is 22.7 Å². The second-order valence-corrected chi connectivity index (χ2v) is 11.4. The highest BCUT2D eigenvalue weighted by Crippen LogP contribution is 2.71. The summed E-state index contributed by atoms with van der Waals surface area (Å²) >= 11 is 0. The van der Waals surface area contributed by atoms with Crippen LogP contribution in [-0.4, -0.2) is 76.0 Å². The molecule has 0 heterocycles. The number of methoxy groups -OCH3 is 1. The number of ketones is 2. The van der Waals surface area contributed by atoms with Crippen molar-refractivity contribution in [1.82, 2.24) is 0 Å². The average Bonchev–Trinajstić information content (AvgIpc) is 3.07. The number of aliphatic hydroxyl groups excluding tert-OH is 3. The van der Waals surface area contributed by atoms with Gasteiger partial charge in [-0.3, -0.25) is 19.2 Å². The molecular formula is C27H35FO9. The van der Waals surface area contributed by atoms with Crippen LogP contribution in [-0.2, 0) is 28.7 Å². The van der Waals surface area contributed by atoms with Crippen LogP contribution in [0.25, 0.3) is 0 Å². The maximum absolute atomic E-state index is 17.4. The van der Waals surface area contributed by atoms with Gasteiger partial charge in [-0.05, 0) is 49.8 Å². The van der Waals surface area contributed by atoms with Crippen molar-refractivity contribution < 1.29 is 48.4 Å². The predicted octanol–water partition coefficient (Wildman–Crippen LogP) is 1.37. The number of alkyl halides is 1. The zero-order valence-electron chi connectivity index (χ0n) is 21.5. The molecule has 0 aromatic carbocycles. The Bertz CT molecular complexity index is 1080. The van der Waals surface area contributed by atoms with E-state index in [4.69, 9.17) is 4.74 Å². The lowest BCUT2D eigenvalue weighted by Gasteiger charge is -2.63. The molecule has 37 heavy (non-hydrogen) atoms. The number of carbonyl (C=O) groups is 4. The molecule has 3 saturated carbocycles. The molecule has 4 aliphatic rings. The van der Waals surface area contributed by atoms with Crippen LogP contribution in [0.4, 0.5) is 4.39 Å². The fourth-order valence-electron chi connectivity index (χ4n) is 8.09. The summed E-state index contributed by atoms with van der Waals surface area (Å²) in [4.78, 5) is 49.8. The molecule has 204 valence electrons. The Morgan fingerprint density at radius 3 is 2.38 bits per heavy atom. The number of aliphatic hydroxyl groups is 3. The summed E-state index contributed by atoms with van der Waals surface area (Å²) < 4.78 is 27.8. The van der Waals surface area contributed by atoms with Gasteiger partial charge in [-0.25, -0.2) is 4.39 Å². The topological polar surface area (TPSA) is 147 Å². The van der Waals surface area contributed by atoms with Crippen LogP contribution in [0.1, 0.15) is 52.9 Å². The Balaban J connectivity index is 1.78. The molecule has 0 aromatic heterocycles. The number of halogens is 1. The molecule has 3 unspecified atom stereocenters. The molecule has 9 atom stereocenters. The fourth-order valence-corrected chi connectivity index (χ4v) is 8.09. The Labute approximate surface area is 214 Å². The molecule has 0 aliphatic heterocycles. The third-order valence-electron chi connectivity index (χ3n) is 9.80. The van der Waals surface area contributed by atoms with Crippen molar-refractivity contribution in [1.29, 1.82) is 0 Å². The van der Waals surface area contributed by atoms with E-state index in [1.165, 1.54) is 25.3 Å². The smallest absolute Gasteiger partial charge is 0.307 e. The summed E-state index contributed by atoms with van der Waals surface area (Å²) in [6, 6.07) is 0. The van der Waals surface area contributed by atoms with Crippen molar-refractivity contribution >= 4 is 23.5 Å². The van der Waals surface area contributed by atoms with Crippen LogP contribution in [0.15, 0.2) is 23.8 Å². The van der Waals surface area contributed by atoms with E-state index in [-0.39, 0.29) is 43.5 Å². The van der Waals surface area contributed by atoms with Gasteiger partial charge >= 0.3 is 11.9 Å². The van der Waals surface area contributed by atoms with Crippen molar-refractivity contribution in [3.8, 4) is 0 Å². The second-order valence-electron chi connectivity index (χ2n) is 11.4. The predicted molar refractivity (Wildman–Crippen MR) is 126 cm³/mol. The summed E-state index contributed by atoms with van der Waals surface area (Å²) in [6.07, 6.45) is 0.340. The minimum absolute atomic E-state index is 0.0945. The number of allylic oxidation sites excluding steroid dienone is 3. The highest BCUT2D eigenvalue weighted by atomic mass is 19.1. The maximum atomic E-state index is 17.4. The van der Waals surface area contributed by atoms with Gasteiger partial charge in [0.1, 0.15) is 6.61 Å². The number of hydrogen-bond donors (Lipinski definition) is 3. The van der Waals surface area contributed by atoms with E-state index in [1.807, 2.05) is 0 Å². The summed E-state index contributed by atoms with van der Waals surface area (Å²) in [5.74, 6) is -4.82. The van der Waals surface area contributed by atoms with Gasteiger partial charge in [-0.15, -0.1) is 0 Å². The standard InChI is InChI=1S/C27H35FO9/c1-14-9-16-17-11-19(31)18-10-15(30)7-8-24(18,2)26(17,28)20(32)12-25(16,3)27(14,21(33)13-29)37-23(35)6-5-22(34)36-4/h7-8,10,14,16-17,19-20,29,31-32H,5-6,9,11-13H2,1-4H3/t14?,16-,17-,19?,20?,24-,25-,26-,27-/m0/s1. The van der Waals surface area contributed by atoms with E-state index in [1.54, 1.807) is 20.8 Å². The molecule has 0 radical (unpaired) electrons. The van der Waals surface area contributed by atoms with Crippen LogP contribution in [0.3, 0.4) is 0 Å². The summed E-state index contributed by atoms with van der Waals surface area (Å²) in [5, 5.41) is 32.4. The molecule has 4 aliphatic carbocycles. The number of carbonyl (C=O) groups excluding carboxylic acids is 4. The van der Waals surface area contributed by atoms with Crippen LogP contribution in [0.2, 0.25) is 0 Å². The van der Waals surface area contributed by atoms with Crippen molar-refractivity contribution in [3.63, 3.8) is 0 Å². The van der Waals surface area contributed by atoms with Crippen LogP contribution < -0.4 is 0 Å². The molecule has 10 heteroatoms.